The fraction of sp³-hybridized carbons (Fsp3) is 0. The van der Waals surface area contributed by atoms with E-state index >= 15 is 0 Å². The molecular formula is C52H33NOS. The molecule has 0 saturated carbocycles. The van der Waals surface area contributed by atoms with Crippen molar-refractivity contribution in [1.82, 2.24) is 0 Å². The van der Waals surface area contributed by atoms with Crippen LogP contribution in [0.25, 0.3) is 86.3 Å². The van der Waals surface area contributed by atoms with E-state index in [4.69, 9.17) is 4.42 Å². The van der Waals surface area contributed by atoms with E-state index in [9.17, 15) is 0 Å². The molecule has 0 aliphatic heterocycles. The first-order chi connectivity index (χ1) is 27.2. The van der Waals surface area contributed by atoms with Crippen LogP contribution < -0.4 is 4.90 Å². The molecule has 0 bridgehead atoms. The first-order valence-electron chi connectivity index (χ1n) is 18.7. The summed E-state index contributed by atoms with van der Waals surface area (Å²) in [7, 11) is 0. The van der Waals surface area contributed by atoms with E-state index in [1.165, 1.54) is 64.3 Å². The number of hydrogen-bond donors (Lipinski definition) is 0. The molecule has 11 rings (SSSR count). The first-order valence-corrected chi connectivity index (χ1v) is 19.5. The summed E-state index contributed by atoms with van der Waals surface area (Å²) in [5.41, 5.74) is 12.4. The summed E-state index contributed by atoms with van der Waals surface area (Å²) < 4.78 is 8.81. The van der Waals surface area contributed by atoms with Crippen LogP contribution >= 0.6 is 11.3 Å². The summed E-state index contributed by atoms with van der Waals surface area (Å²) in [6, 6.07) is 72.3. The molecule has 11 aromatic rings. The third kappa shape index (κ3) is 5.48. The summed E-state index contributed by atoms with van der Waals surface area (Å²) in [6.45, 7) is 0. The second-order valence-electron chi connectivity index (χ2n) is 14.1. The van der Waals surface area contributed by atoms with Gasteiger partial charge in [0.2, 0.25) is 0 Å². The lowest BCUT2D eigenvalue weighted by Gasteiger charge is -2.26. The van der Waals surface area contributed by atoms with Gasteiger partial charge in [0.1, 0.15) is 11.2 Å². The lowest BCUT2D eigenvalue weighted by Crippen LogP contribution is -2.10. The third-order valence-electron chi connectivity index (χ3n) is 10.8. The fourth-order valence-electron chi connectivity index (χ4n) is 8.12. The highest BCUT2D eigenvalue weighted by atomic mass is 32.1. The Balaban J connectivity index is 1.00. The van der Waals surface area contributed by atoms with Crippen LogP contribution in [0.3, 0.4) is 0 Å². The minimum atomic E-state index is 0.922. The van der Waals surface area contributed by atoms with E-state index in [1.807, 2.05) is 23.5 Å². The van der Waals surface area contributed by atoms with Crippen LogP contribution in [0.4, 0.5) is 17.1 Å². The quantitative estimate of drug-likeness (QED) is 0.170. The normalized spacial score (nSPS) is 11.6. The van der Waals surface area contributed by atoms with Crippen molar-refractivity contribution >= 4 is 81.3 Å². The number of thiophene rings is 1. The molecule has 2 aromatic heterocycles. The molecule has 0 saturated heterocycles. The lowest BCUT2D eigenvalue weighted by molar-refractivity contribution is 0.669. The zero-order valence-corrected chi connectivity index (χ0v) is 30.6. The van der Waals surface area contributed by atoms with Crippen molar-refractivity contribution in [2.24, 2.45) is 0 Å². The Hall–Kier alpha value is -6.94. The van der Waals surface area contributed by atoms with Gasteiger partial charge in [-0.1, -0.05) is 133 Å². The minimum Gasteiger partial charge on any atom is -0.456 e. The predicted molar refractivity (Wildman–Crippen MR) is 235 cm³/mol. The number of fused-ring (bicyclic) bond motifs is 7. The van der Waals surface area contributed by atoms with Crippen LogP contribution in [0, 0.1) is 0 Å². The number of anilines is 3. The SMILES string of the molecule is c1ccc(-c2ccc(N(c3ccc(-c4ccc5cc6oc7ccccc7c6cc5c4)cc3)c3cccc(-c4cccc5c4sc4ccccc45)c3)cc2)cc1. The van der Waals surface area contributed by atoms with E-state index in [1.54, 1.807) is 0 Å². The van der Waals surface area contributed by atoms with Crippen molar-refractivity contribution in [1.29, 1.82) is 0 Å². The zero-order valence-electron chi connectivity index (χ0n) is 29.8. The number of rotatable bonds is 6. The van der Waals surface area contributed by atoms with E-state index in [0.29, 0.717) is 0 Å². The number of nitrogens with zero attached hydrogens (tertiary/aromatic N) is 1. The van der Waals surface area contributed by atoms with Crippen molar-refractivity contribution in [3.8, 4) is 33.4 Å². The molecule has 0 aliphatic rings. The maximum absolute atomic E-state index is 6.17. The van der Waals surface area contributed by atoms with Crippen molar-refractivity contribution in [2.45, 2.75) is 0 Å². The molecule has 0 fully saturated rings. The highest BCUT2D eigenvalue weighted by Gasteiger charge is 2.17. The highest BCUT2D eigenvalue weighted by Crippen LogP contribution is 2.43. The van der Waals surface area contributed by atoms with Gasteiger partial charge in [0, 0.05) is 48.0 Å². The Labute approximate surface area is 322 Å². The van der Waals surface area contributed by atoms with Gasteiger partial charge in [0.15, 0.2) is 0 Å². The summed E-state index contributed by atoms with van der Waals surface area (Å²) in [4.78, 5) is 2.37. The molecule has 0 radical (unpaired) electrons. The fourth-order valence-corrected chi connectivity index (χ4v) is 9.36. The van der Waals surface area contributed by atoms with Gasteiger partial charge in [-0.2, -0.15) is 0 Å². The molecule has 0 aliphatic carbocycles. The summed E-state index contributed by atoms with van der Waals surface area (Å²) in [5.74, 6) is 0. The number of para-hydroxylation sites is 1. The smallest absolute Gasteiger partial charge is 0.136 e. The van der Waals surface area contributed by atoms with Crippen molar-refractivity contribution in [3.63, 3.8) is 0 Å². The molecule has 2 nitrogen and oxygen atoms in total. The van der Waals surface area contributed by atoms with E-state index in [-0.39, 0.29) is 0 Å². The average molecular weight is 720 g/mol. The van der Waals surface area contributed by atoms with E-state index in [0.717, 1.165) is 39.0 Å². The van der Waals surface area contributed by atoms with Gasteiger partial charge in [-0.3, -0.25) is 0 Å². The standard InChI is InChI=1S/C52H33NOS/c1-2-10-34(11-3-1)35-22-26-41(27-23-35)53(43-13-8-12-39(31-43)44-16-9-17-47-46-15-5-7-19-51(46)55-52(44)47)42-28-24-36(25-29-42)37-20-21-38-33-50-48(32-40(38)30-37)45-14-4-6-18-49(45)54-50/h1-33H. The number of benzene rings is 9. The molecule has 0 amide bonds. The Morgan fingerprint density at radius 1 is 0.345 bits per heavy atom. The predicted octanol–water partition coefficient (Wildman–Crippen LogP) is 15.6. The van der Waals surface area contributed by atoms with Gasteiger partial charge in [-0.15, -0.1) is 11.3 Å². The first kappa shape index (κ1) is 31.6. The Kier molecular flexibility index (Phi) is 7.39. The maximum Gasteiger partial charge on any atom is 0.136 e. The van der Waals surface area contributed by atoms with Gasteiger partial charge >= 0.3 is 0 Å². The van der Waals surface area contributed by atoms with Crippen molar-refractivity contribution in [3.05, 3.63) is 200 Å². The highest BCUT2D eigenvalue weighted by molar-refractivity contribution is 7.26. The largest absolute Gasteiger partial charge is 0.456 e. The number of furan rings is 1. The minimum absolute atomic E-state index is 0.922. The Morgan fingerprint density at radius 3 is 1.80 bits per heavy atom. The molecule has 0 atom stereocenters. The van der Waals surface area contributed by atoms with Crippen molar-refractivity contribution in [2.75, 3.05) is 4.90 Å². The summed E-state index contributed by atoms with van der Waals surface area (Å²) >= 11 is 1.87. The molecule has 55 heavy (non-hydrogen) atoms. The van der Waals surface area contributed by atoms with Crippen LogP contribution in [0.5, 0.6) is 0 Å². The van der Waals surface area contributed by atoms with Crippen LogP contribution in [0.2, 0.25) is 0 Å². The van der Waals surface area contributed by atoms with Gasteiger partial charge in [-0.25, -0.2) is 0 Å². The Morgan fingerprint density at radius 2 is 0.982 bits per heavy atom. The number of hydrogen-bond acceptors (Lipinski definition) is 3. The van der Waals surface area contributed by atoms with Crippen LogP contribution in [-0.2, 0) is 0 Å². The molecule has 258 valence electrons. The molecule has 2 heterocycles. The van der Waals surface area contributed by atoms with Gasteiger partial charge in [-0.05, 0) is 111 Å². The second-order valence-corrected chi connectivity index (χ2v) is 15.2. The third-order valence-corrected chi connectivity index (χ3v) is 12.1. The van der Waals surface area contributed by atoms with E-state index < -0.39 is 0 Å². The monoisotopic (exact) mass is 719 g/mol. The topological polar surface area (TPSA) is 16.4 Å². The maximum atomic E-state index is 6.17. The van der Waals surface area contributed by atoms with Crippen molar-refractivity contribution < 1.29 is 4.42 Å². The van der Waals surface area contributed by atoms with Crippen LogP contribution in [0.1, 0.15) is 0 Å². The summed E-state index contributed by atoms with van der Waals surface area (Å²) in [5, 5.41) is 7.29. The molecule has 0 unspecified atom stereocenters. The molecular weight excluding hydrogens is 687 g/mol. The lowest BCUT2D eigenvalue weighted by atomic mass is 9.99. The van der Waals surface area contributed by atoms with Crippen LogP contribution in [0.15, 0.2) is 205 Å². The van der Waals surface area contributed by atoms with Gasteiger partial charge < -0.3 is 9.32 Å². The van der Waals surface area contributed by atoms with Gasteiger partial charge in [0.25, 0.3) is 0 Å². The molecule has 0 spiro atoms. The molecule has 0 N–H and O–H groups in total. The average Bonchev–Trinajstić information content (AvgIpc) is 3.82. The molecule has 3 heteroatoms. The van der Waals surface area contributed by atoms with Crippen LogP contribution in [-0.4, -0.2) is 0 Å². The summed E-state index contributed by atoms with van der Waals surface area (Å²) in [6.07, 6.45) is 0. The zero-order chi connectivity index (χ0) is 36.3. The second kappa shape index (κ2) is 12.9. The van der Waals surface area contributed by atoms with E-state index in [2.05, 4.69) is 193 Å². The van der Waals surface area contributed by atoms with Gasteiger partial charge in [0.05, 0.1) is 0 Å². The Bertz CT molecular complexity index is 3190. The molecule has 9 aromatic carbocycles.